The van der Waals surface area contributed by atoms with Gasteiger partial charge >= 0.3 is 12.1 Å². The first-order valence-electron chi connectivity index (χ1n) is 9.45. The summed E-state index contributed by atoms with van der Waals surface area (Å²) in [5, 5.41) is 16.5. The Morgan fingerprint density at radius 2 is 1.67 bits per heavy atom. The molecule has 0 atom stereocenters. The lowest BCUT2D eigenvalue weighted by molar-refractivity contribution is -0.289. The third-order valence-corrected chi connectivity index (χ3v) is 4.88. The summed E-state index contributed by atoms with van der Waals surface area (Å²) in [5.74, 6) is -5.52. The zero-order chi connectivity index (χ0) is 23.8. The molecule has 0 unspecified atom stereocenters. The molecule has 0 saturated carbocycles. The average molecular weight is 462 g/mol. The summed E-state index contributed by atoms with van der Waals surface area (Å²) in [6, 6.07) is 11.2. The Morgan fingerprint density at radius 3 is 2.36 bits per heavy atom. The second kappa shape index (κ2) is 8.08. The van der Waals surface area contributed by atoms with Crippen molar-refractivity contribution in [2.24, 2.45) is 0 Å². The van der Waals surface area contributed by atoms with Gasteiger partial charge in [0, 0.05) is 40.1 Å². The Bertz CT molecular complexity index is 1320. The molecule has 0 fully saturated rings. The van der Waals surface area contributed by atoms with Gasteiger partial charge in [0.25, 0.3) is 5.91 Å². The van der Waals surface area contributed by atoms with Crippen LogP contribution in [0.1, 0.15) is 15.9 Å². The quantitative estimate of drug-likeness (QED) is 0.277. The van der Waals surface area contributed by atoms with Gasteiger partial charge in [-0.15, -0.1) is 0 Å². The molecule has 33 heavy (non-hydrogen) atoms. The van der Waals surface area contributed by atoms with Crippen molar-refractivity contribution in [3.8, 4) is 5.88 Å². The third-order valence-electron chi connectivity index (χ3n) is 4.88. The van der Waals surface area contributed by atoms with E-state index in [2.05, 4.69) is 20.6 Å². The van der Waals surface area contributed by atoms with E-state index in [4.69, 9.17) is 0 Å². The fourth-order valence-corrected chi connectivity index (χ4v) is 3.20. The third kappa shape index (κ3) is 4.16. The Kier molecular flexibility index (Phi) is 5.40. The molecular formula is C22H15F5N4O2. The Labute approximate surface area is 183 Å². The van der Waals surface area contributed by atoms with E-state index in [0.29, 0.717) is 28.6 Å². The molecule has 0 bridgehead atoms. The lowest BCUT2D eigenvalue weighted by atomic mass is 10.1. The number of halogens is 5. The lowest BCUT2D eigenvalue weighted by Crippen LogP contribution is -2.33. The molecule has 0 spiro atoms. The average Bonchev–Trinajstić information content (AvgIpc) is 3.15. The van der Waals surface area contributed by atoms with E-state index in [1.165, 1.54) is 18.3 Å². The highest BCUT2D eigenvalue weighted by molar-refractivity contribution is 6.08. The largest absolute Gasteiger partial charge is 0.494 e. The fourth-order valence-electron chi connectivity index (χ4n) is 3.20. The van der Waals surface area contributed by atoms with Crippen molar-refractivity contribution in [1.29, 1.82) is 0 Å². The van der Waals surface area contributed by atoms with Crippen molar-refractivity contribution < 1.29 is 31.9 Å². The van der Waals surface area contributed by atoms with Gasteiger partial charge in [-0.3, -0.25) is 4.79 Å². The first-order chi connectivity index (χ1) is 15.6. The number of carbonyl (C=O) groups is 1. The van der Waals surface area contributed by atoms with Gasteiger partial charge in [-0.2, -0.15) is 22.0 Å². The number of hydrogen-bond acceptors (Lipinski definition) is 4. The highest BCUT2D eigenvalue weighted by Gasteiger charge is 2.58. The van der Waals surface area contributed by atoms with Crippen LogP contribution in [0.4, 0.5) is 39.1 Å². The molecule has 0 aliphatic carbocycles. The second-order valence-corrected chi connectivity index (χ2v) is 7.03. The van der Waals surface area contributed by atoms with Crippen LogP contribution in [0.5, 0.6) is 5.88 Å². The van der Waals surface area contributed by atoms with Crippen LogP contribution in [0.2, 0.25) is 0 Å². The van der Waals surface area contributed by atoms with Crippen molar-refractivity contribution in [2.75, 3.05) is 10.6 Å². The van der Waals surface area contributed by atoms with Gasteiger partial charge in [-0.25, -0.2) is 4.98 Å². The van der Waals surface area contributed by atoms with Crippen molar-refractivity contribution in [2.45, 2.75) is 12.1 Å². The summed E-state index contributed by atoms with van der Waals surface area (Å²) >= 11 is 0. The van der Waals surface area contributed by atoms with Crippen molar-refractivity contribution in [3.05, 3.63) is 78.1 Å². The predicted octanol–water partition coefficient (Wildman–Crippen LogP) is 5.92. The zero-order valence-electron chi connectivity index (χ0n) is 16.5. The van der Waals surface area contributed by atoms with E-state index in [-0.39, 0.29) is 22.9 Å². The maximum Gasteiger partial charge on any atom is 0.458 e. The molecule has 0 saturated heterocycles. The summed E-state index contributed by atoms with van der Waals surface area (Å²) in [6.45, 7) is 0. The maximum absolute atomic E-state index is 13.4. The molecule has 4 N–H and O–H groups in total. The molecule has 2 heterocycles. The van der Waals surface area contributed by atoms with Gasteiger partial charge in [0.15, 0.2) is 5.88 Å². The van der Waals surface area contributed by atoms with E-state index in [1.807, 2.05) is 0 Å². The first-order valence-corrected chi connectivity index (χ1v) is 9.45. The van der Waals surface area contributed by atoms with Gasteiger partial charge < -0.3 is 20.7 Å². The molecular weight excluding hydrogens is 447 g/mol. The molecule has 0 aliphatic heterocycles. The zero-order valence-corrected chi connectivity index (χ0v) is 16.5. The number of aromatic amines is 1. The Hall–Kier alpha value is -4.15. The highest BCUT2D eigenvalue weighted by Crippen LogP contribution is 2.44. The Morgan fingerprint density at radius 1 is 0.939 bits per heavy atom. The molecule has 0 aliphatic rings. The van der Waals surface area contributed by atoms with Gasteiger partial charge in [-0.05, 0) is 36.4 Å². The SMILES string of the molecule is O=C(Nc1ccc(C(F)(F)C(F)(F)F)cc1)c1cccnc1Nc1cccc2c(O)[nH]cc12. The van der Waals surface area contributed by atoms with Gasteiger partial charge in [-0.1, -0.05) is 18.2 Å². The summed E-state index contributed by atoms with van der Waals surface area (Å²) in [5.41, 5.74) is -0.566. The minimum absolute atomic E-state index is 0.0211. The number of aromatic hydroxyl groups is 1. The number of pyridine rings is 1. The van der Waals surface area contributed by atoms with E-state index >= 15 is 0 Å². The van der Waals surface area contributed by atoms with Crippen LogP contribution < -0.4 is 10.6 Å². The van der Waals surface area contributed by atoms with Gasteiger partial charge in [0.1, 0.15) is 5.82 Å². The number of aromatic nitrogens is 2. The number of anilines is 3. The fraction of sp³-hybridized carbons (Fsp3) is 0.0909. The molecule has 0 radical (unpaired) electrons. The van der Waals surface area contributed by atoms with E-state index in [9.17, 15) is 31.9 Å². The van der Waals surface area contributed by atoms with Crippen LogP contribution in [0, 0.1) is 0 Å². The number of fused-ring (bicyclic) bond motifs is 1. The summed E-state index contributed by atoms with van der Waals surface area (Å²) in [7, 11) is 0. The Balaban J connectivity index is 1.57. The number of H-pyrrole nitrogens is 1. The van der Waals surface area contributed by atoms with Crippen LogP contribution in [0.15, 0.2) is 67.0 Å². The van der Waals surface area contributed by atoms with Crippen LogP contribution in [0.3, 0.4) is 0 Å². The second-order valence-electron chi connectivity index (χ2n) is 7.03. The number of amides is 1. The van der Waals surface area contributed by atoms with E-state index < -0.39 is 23.6 Å². The standard InChI is InChI=1S/C22H15F5N4O2/c23-21(24,22(25,26)27)12-6-8-13(9-7-12)30-20(33)15-4-2-10-28-18(15)31-17-5-1-3-14-16(17)11-29-19(14)32/h1-11,29,32H,(H,28,31)(H,30,33). The number of benzene rings is 2. The number of nitrogens with one attached hydrogen (secondary N) is 3. The van der Waals surface area contributed by atoms with Crippen molar-refractivity contribution in [1.82, 2.24) is 9.97 Å². The summed E-state index contributed by atoms with van der Waals surface area (Å²) < 4.78 is 64.5. The van der Waals surface area contributed by atoms with Crippen LogP contribution >= 0.6 is 0 Å². The smallest absolute Gasteiger partial charge is 0.458 e. The van der Waals surface area contributed by atoms with Gasteiger partial charge in [0.05, 0.1) is 5.56 Å². The van der Waals surface area contributed by atoms with Crippen LogP contribution in [-0.2, 0) is 5.92 Å². The van der Waals surface area contributed by atoms with E-state index in [0.717, 1.165) is 12.1 Å². The predicted molar refractivity (Wildman–Crippen MR) is 112 cm³/mol. The summed E-state index contributed by atoms with van der Waals surface area (Å²) in [4.78, 5) is 19.6. The molecule has 4 aromatic rings. The van der Waals surface area contributed by atoms with E-state index in [1.54, 1.807) is 24.4 Å². The molecule has 6 nitrogen and oxygen atoms in total. The van der Waals surface area contributed by atoms with Crippen molar-refractivity contribution in [3.63, 3.8) is 0 Å². The molecule has 11 heteroatoms. The van der Waals surface area contributed by atoms with Gasteiger partial charge in [0.2, 0.25) is 0 Å². The number of carbonyl (C=O) groups excluding carboxylic acids is 1. The molecule has 1 amide bonds. The summed E-state index contributed by atoms with van der Waals surface area (Å²) in [6.07, 6.45) is -2.71. The number of rotatable bonds is 5. The topological polar surface area (TPSA) is 90.0 Å². The minimum atomic E-state index is -5.73. The maximum atomic E-state index is 13.4. The monoisotopic (exact) mass is 462 g/mol. The van der Waals surface area contributed by atoms with Crippen molar-refractivity contribution >= 4 is 33.9 Å². The molecule has 4 rings (SSSR count). The minimum Gasteiger partial charge on any atom is -0.494 e. The highest BCUT2D eigenvalue weighted by atomic mass is 19.4. The number of alkyl halides is 5. The number of hydrogen-bond donors (Lipinski definition) is 4. The normalized spacial score (nSPS) is 12.0. The first kappa shape index (κ1) is 22.1. The lowest BCUT2D eigenvalue weighted by Gasteiger charge is -2.20. The van der Waals surface area contributed by atoms with Crippen LogP contribution in [-0.4, -0.2) is 27.2 Å². The molecule has 170 valence electrons. The molecule has 2 aromatic carbocycles. The molecule has 2 aromatic heterocycles. The van der Waals surface area contributed by atoms with Crippen LogP contribution in [0.25, 0.3) is 10.8 Å². The number of nitrogens with zero attached hydrogens (tertiary/aromatic N) is 1.